The van der Waals surface area contributed by atoms with Crippen LogP contribution in [0.2, 0.25) is 0 Å². The number of fused-ring (bicyclic) bond motifs is 1. The van der Waals surface area contributed by atoms with E-state index in [-0.39, 0.29) is 0 Å². The van der Waals surface area contributed by atoms with Crippen LogP contribution in [0.15, 0.2) is 42.7 Å². The molecule has 0 aliphatic heterocycles. The fourth-order valence-corrected chi connectivity index (χ4v) is 1.78. The Morgan fingerprint density at radius 3 is 2.88 bits per heavy atom. The molecule has 5 heteroatoms. The van der Waals surface area contributed by atoms with Crippen molar-refractivity contribution in [3.05, 3.63) is 54.1 Å². The number of benzene rings is 1. The van der Waals surface area contributed by atoms with Crippen molar-refractivity contribution in [1.82, 2.24) is 19.6 Å². The molecular weight excluding hydrogens is 214 g/mol. The van der Waals surface area contributed by atoms with E-state index >= 15 is 0 Å². The van der Waals surface area contributed by atoms with Gasteiger partial charge in [0.25, 0.3) is 5.78 Å². The molecule has 0 spiro atoms. The average Bonchev–Trinajstić information content (AvgIpc) is 2.76. The number of para-hydroxylation sites is 1. The van der Waals surface area contributed by atoms with Gasteiger partial charge in [-0.05, 0) is 17.7 Å². The number of hydrogen-bond acceptors (Lipinski definition) is 4. The predicted molar refractivity (Wildman–Crippen MR) is 64.4 cm³/mol. The smallest absolute Gasteiger partial charge is 0.254 e. The van der Waals surface area contributed by atoms with Crippen LogP contribution in [0.25, 0.3) is 5.78 Å². The molecular formula is C12H11N5. The maximum absolute atomic E-state index is 5.91. The minimum atomic E-state index is 0.608. The van der Waals surface area contributed by atoms with Gasteiger partial charge in [0.2, 0.25) is 0 Å². The number of nitrogens with two attached hydrogens (primary N) is 1. The topological polar surface area (TPSA) is 69.1 Å². The molecule has 5 nitrogen and oxygen atoms in total. The Bertz CT molecular complexity index is 659. The second-order valence-corrected chi connectivity index (χ2v) is 3.78. The third-order valence-electron chi connectivity index (χ3n) is 2.66. The molecule has 0 aliphatic rings. The third kappa shape index (κ3) is 1.71. The Balaban J connectivity index is 2.03. The van der Waals surface area contributed by atoms with Crippen molar-refractivity contribution in [2.24, 2.45) is 0 Å². The highest BCUT2D eigenvalue weighted by molar-refractivity contribution is 5.47. The number of rotatable bonds is 2. The van der Waals surface area contributed by atoms with E-state index in [1.54, 1.807) is 6.20 Å². The Hall–Kier alpha value is -2.43. The lowest BCUT2D eigenvalue weighted by molar-refractivity contribution is 0.934. The fourth-order valence-electron chi connectivity index (χ4n) is 1.78. The lowest BCUT2D eigenvalue weighted by Gasteiger charge is -2.03. The highest BCUT2D eigenvalue weighted by Gasteiger charge is 2.07. The number of anilines is 1. The summed E-state index contributed by atoms with van der Waals surface area (Å²) in [5.41, 5.74) is 7.73. The Morgan fingerprint density at radius 2 is 2.00 bits per heavy atom. The molecule has 0 saturated heterocycles. The van der Waals surface area contributed by atoms with Crippen LogP contribution in [0.4, 0.5) is 5.69 Å². The van der Waals surface area contributed by atoms with Gasteiger partial charge in [0.1, 0.15) is 5.82 Å². The van der Waals surface area contributed by atoms with Crippen LogP contribution in [0.1, 0.15) is 11.4 Å². The van der Waals surface area contributed by atoms with E-state index in [0.29, 0.717) is 12.2 Å². The largest absolute Gasteiger partial charge is 0.398 e. The van der Waals surface area contributed by atoms with Crippen molar-refractivity contribution < 1.29 is 0 Å². The van der Waals surface area contributed by atoms with Gasteiger partial charge in [-0.25, -0.2) is 4.98 Å². The van der Waals surface area contributed by atoms with E-state index < -0.39 is 0 Å². The summed E-state index contributed by atoms with van der Waals surface area (Å²) in [6.07, 6.45) is 4.25. The Kier molecular flexibility index (Phi) is 2.22. The lowest BCUT2D eigenvalue weighted by atomic mass is 10.1. The highest BCUT2D eigenvalue weighted by Crippen LogP contribution is 2.14. The maximum Gasteiger partial charge on any atom is 0.254 e. The van der Waals surface area contributed by atoms with Crippen molar-refractivity contribution in [2.75, 3.05) is 5.73 Å². The molecule has 3 rings (SSSR count). The van der Waals surface area contributed by atoms with Gasteiger partial charge in [0, 0.05) is 24.5 Å². The van der Waals surface area contributed by atoms with Crippen molar-refractivity contribution in [2.45, 2.75) is 6.42 Å². The van der Waals surface area contributed by atoms with Crippen LogP contribution in [0.3, 0.4) is 0 Å². The van der Waals surface area contributed by atoms with Crippen LogP contribution in [-0.2, 0) is 6.42 Å². The summed E-state index contributed by atoms with van der Waals surface area (Å²) in [5, 5.41) is 8.13. The van der Waals surface area contributed by atoms with Gasteiger partial charge in [-0.15, -0.1) is 10.2 Å². The molecule has 84 valence electrons. The summed E-state index contributed by atoms with van der Waals surface area (Å²) in [4.78, 5) is 4.12. The molecule has 1 aromatic carbocycles. The first kappa shape index (κ1) is 9.77. The summed E-state index contributed by atoms with van der Waals surface area (Å²) < 4.78 is 1.87. The average molecular weight is 225 g/mol. The molecule has 2 heterocycles. The van der Waals surface area contributed by atoms with Crippen molar-refractivity contribution in [3.63, 3.8) is 0 Å². The minimum Gasteiger partial charge on any atom is -0.398 e. The van der Waals surface area contributed by atoms with E-state index in [2.05, 4.69) is 15.2 Å². The fraction of sp³-hybridized carbons (Fsp3) is 0.0833. The molecule has 0 saturated carbocycles. The monoisotopic (exact) mass is 225 g/mol. The minimum absolute atomic E-state index is 0.608. The zero-order chi connectivity index (χ0) is 11.7. The summed E-state index contributed by atoms with van der Waals surface area (Å²) >= 11 is 0. The van der Waals surface area contributed by atoms with Gasteiger partial charge >= 0.3 is 0 Å². The zero-order valence-electron chi connectivity index (χ0n) is 9.11. The first-order chi connectivity index (χ1) is 8.34. The summed E-state index contributed by atoms with van der Waals surface area (Å²) in [5.74, 6) is 1.45. The molecule has 0 radical (unpaired) electrons. The summed E-state index contributed by atoms with van der Waals surface area (Å²) in [7, 11) is 0. The second kappa shape index (κ2) is 3.86. The Labute approximate surface area is 97.9 Å². The molecule has 0 bridgehead atoms. The SMILES string of the molecule is Nc1ccccc1Cc1nnc2ncccn12. The van der Waals surface area contributed by atoms with Crippen LogP contribution < -0.4 is 5.73 Å². The lowest BCUT2D eigenvalue weighted by Crippen LogP contribution is -2.00. The molecule has 0 atom stereocenters. The first-order valence-electron chi connectivity index (χ1n) is 5.32. The van der Waals surface area contributed by atoms with E-state index in [0.717, 1.165) is 17.1 Å². The molecule has 0 unspecified atom stereocenters. The van der Waals surface area contributed by atoms with E-state index in [1.807, 2.05) is 40.9 Å². The quantitative estimate of drug-likeness (QED) is 0.667. The second-order valence-electron chi connectivity index (χ2n) is 3.78. The number of hydrogen-bond donors (Lipinski definition) is 1. The number of nitrogen functional groups attached to an aromatic ring is 1. The van der Waals surface area contributed by atoms with E-state index in [1.165, 1.54) is 0 Å². The van der Waals surface area contributed by atoms with Gasteiger partial charge < -0.3 is 5.73 Å². The van der Waals surface area contributed by atoms with Crippen molar-refractivity contribution >= 4 is 11.5 Å². The summed E-state index contributed by atoms with van der Waals surface area (Å²) in [6, 6.07) is 9.62. The van der Waals surface area contributed by atoms with Gasteiger partial charge in [0.15, 0.2) is 0 Å². The Morgan fingerprint density at radius 1 is 1.12 bits per heavy atom. The predicted octanol–water partition coefficient (Wildman–Crippen LogP) is 1.30. The van der Waals surface area contributed by atoms with Crippen molar-refractivity contribution in [3.8, 4) is 0 Å². The first-order valence-corrected chi connectivity index (χ1v) is 5.32. The number of nitrogens with zero attached hydrogens (tertiary/aromatic N) is 4. The van der Waals surface area contributed by atoms with Crippen LogP contribution in [0, 0.1) is 0 Å². The molecule has 0 fully saturated rings. The van der Waals surface area contributed by atoms with E-state index in [4.69, 9.17) is 5.73 Å². The summed E-state index contributed by atoms with van der Waals surface area (Å²) in [6.45, 7) is 0. The van der Waals surface area contributed by atoms with E-state index in [9.17, 15) is 0 Å². The van der Waals surface area contributed by atoms with Gasteiger partial charge in [0.05, 0.1) is 0 Å². The van der Waals surface area contributed by atoms with Gasteiger partial charge in [-0.1, -0.05) is 18.2 Å². The van der Waals surface area contributed by atoms with Crippen LogP contribution >= 0.6 is 0 Å². The molecule has 17 heavy (non-hydrogen) atoms. The normalized spacial score (nSPS) is 10.8. The molecule has 0 amide bonds. The zero-order valence-corrected chi connectivity index (χ0v) is 9.11. The highest BCUT2D eigenvalue weighted by atomic mass is 15.3. The number of aromatic nitrogens is 4. The van der Waals surface area contributed by atoms with Crippen LogP contribution in [0.5, 0.6) is 0 Å². The maximum atomic E-state index is 5.91. The van der Waals surface area contributed by atoms with Gasteiger partial charge in [-0.2, -0.15) is 0 Å². The molecule has 2 aromatic heterocycles. The van der Waals surface area contributed by atoms with Crippen molar-refractivity contribution in [1.29, 1.82) is 0 Å². The van der Waals surface area contributed by atoms with Crippen LogP contribution in [-0.4, -0.2) is 19.6 Å². The molecule has 2 N–H and O–H groups in total. The van der Waals surface area contributed by atoms with Gasteiger partial charge in [-0.3, -0.25) is 4.40 Å². The molecule has 0 aliphatic carbocycles. The molecule has 3 aromatic rings. The standard InChI is InChI=1S/C12H11N5/c13-10-5-2-1-4-9(10)8-11-15-16-12-14-6-3-7-17(11)12/h1-7H,8,13H2. The third-order valence-corrected chi connectivity index (χ3v) is 2.66.